The molecule has 0 bridgehead atoms. The second-order valence-corrected chi connectivity index (χ2v) is 9.16. The number of ketones is 1. The Bertz CT molecular complexity index is 1300. The number of hydrazine groups is 1. The van der Waals surface area contributed by atoms with Gasteiger partial charge in [-0.25, -0.2) is 18.1 Å². The number of aliphatic imine (C=N–C) groups is 1. The van der Waals surface area contributed by atoms with Gasteiger partial charge in [-0.05, 0) is 42.5 Å². The van der Waals surface area contributed by atoms with E-state index in [-0.39, 0.29) is 16.4 Å². The average molecular weight is 505 g/mol. The van der Waals surface area contributed by atoms with E-state index in [1.807, 2.05) is 0 Å². The van der Waals surface area contributed by atoms with E-state index in [1.54, 1.807) is 48.5 Å². The van der Waals surface area contributed by atoms with Crippen LogP contribution in [0.1, 0.15) is 20.7 Å². The third kappa shape index (κ3) is 7.04. The molecule has 11 heteroatoms. The summed E-state index contributed by atoms with van der Waals surface area (Å²) in [6.45, 7) is -0.410. The van der Waals surface area contributed by atoms with Crippen LogP contribution in [0.5, 0.6) is 0 Å². The highest BCUT2D eigenvalue weighted by atomic mass is 35.5. The lowest BCUT2D eigenvalue weighted by Gasteiger charge is -2.14. The predicted octanol–water partition coefficient (Wildman–Crippen LogP) is 3.45. The van der Waals surface area contributed by atoms with Gasteiger partial charge in [-0.1, -0.05) is 59.6 Å². The number of halogens is 2. The molecule has 0 heterocycles. The molecule has 170 valence electrons. The molecule has 0 aliphatic heterocycles. The van der Waals surface area contributed by atoms with E-state index < -0.39 is 28.3 Å². The van der Waals surface area contributed by atoms with Crippen LogP contribution >= 0.6 is 23.2 Å². The van der Waals surface area contributed by atoms with Crippen molar-refractivity contribution in [3.63, 3.8) is 0 Å². The molecule has 0 spiro atoms. The maximum absolute atomic E-state index is 12.7. The van der Waals surface area contributed by atoms with Crippen LogP contribution in [0.25, 0.3) is 0 Å². The molecule has 0 aliphatic rings. The van der Waals surface area contributed by atoms with Crippen molar-refractivity contribution in [2.24, 2.45) is 4.99 Å². The lowest BCUT2D eigenvalue weighted by atomic mass is 10.1. The van der Waals surface area contributed by atoms with E-state index in [4.69, 9.17) is 23.2 Å². The fourth-order valence-electron chi connectivity index (χ4n) is 2.61. The summed E-state index contributed by atoms with van der Waals surface area (Å²) < 4.78 is 27.6. The Hall–Kier alpha value is -3.40. The fourth-order valence-corrected chi connectivity index (χ4v) is 3.99. The van der Waals surface area contributed by atoms with Gasteiger partial charge in [0.05, 0.1) is 4.90 Å². The van der Waals surface area contributed by atoms with Crippen molar-refractivity contribution in [3.05, 3.63) is 100 Å². The topological polar surface area (TPSA) is 117 Å². The third-order valence-electron chi connectivity index (χ3n) is 4.19. The lowest BCUT2D eigenvalue weighted by Crippen LogP contribution is -2.49. The number of benzene rings is 3. The molecule has 0 saturated heterocycles. The van der Waals surface area contributed by atoms with Crippen molar-refractivity contribution in [2.45, 2.75) is 4.90 Å². The van der Waals surface area contributed by atoms with E-state index in [9.17, 15) is 18.0 Å². The predicted molar refractivity (Wildman–Crippen MR) is 127 cm³/mol. The number of sulfonamides is 1. The largest absolute Gasteiger partial charge is 0.292 e. The molecular formula is C22H18Cl2N4O4S. The normalized spacial score (nSPS) is 11.5. The van der Waals surface area contributed by atoms with Crippen LogP contribution in [0.2, 0.25) is 10.0 Å². The van der Waals surface area contributed by atoms with Crippen LogP contribution in [0.4, 0.5) is 0 Å². The molecule has 3 aromatic rings. The van der Waals surface area contributed by atoms with Gasteiger partial charge in [-0.15, -0.1) is 0 Å². The van der Waals surface area contributed by atoms with Crippen molar-refractivity contribution < 1.29 is 18.0 Å². The second-order valence-electron chi connectivity index (χ2n) is 6.61. The van der Waals surface area contributed by atoms with Gasteiger partial charge in [0.25, 0.3) is 15.9 Å². The van der Waals surface area contributed by atoms with Gasteiger partial charge in [0, 0.05) is 21.2 Å². The van der Waals surface area contributed by atoms with Crippen LogP contribution in [0.15, 0.2) is 88.8 Å². The zero-order chi connectivity index (χ0) is 23.8. The van der Waals surface area contributed by atoms with Crippen LogP contribution in [0, 0.1) is 0 Å². The summed E-state index contributed by atoms with van der Waals surface area (Å²) in [5, 5.41) is 0.732. The van der Waals surface area contributed by atoms with Crippen molar-refractivity contribution >= 4 is 50.9 Å². The average Bonchev–Trinajstić information content (AvgIpc) is 2.81. The molecule has 3 N–H and O–H groups in total. The maximum atomic E-state index is 12.7. The quantitative estimate of drug-likeness (QED) is 0.205. The molecule has 0 saturated carbocycles. The Kier molecular flexibility index (Phi) is 8.05. The summed E-state index contributed by atoms with van der Waals surface area (Å²) >= 11 is 11.8. The molecule has 8 nitrogen and oxygen atoms in total. The summed E-state index contributed by atoms with van der Waals surface area (Å²) in [4.78, 5) is 28.8. The minimum absolute atomic E-state index is 0.0261. The molecule has 33 heavy (non-hydrogen) atoms. The number of hydrogen-bond donors (Lipinski definition) is 3. The highest BCUT2D eigenvalue weighted by Crippen LogP contribution is 2.12. The molecule has 0 radical (unpaired) electrons. The molecule has 0 aliphatic carbocycles. The summed E-state index contributed by atoms with van der Waals surface area (Å²) in [5.74, 6) is -1.35. The molecule has 3 rings (SSSR count). The van der Waals surface area contributed by atoms with Gasteiger partial charge < -0.3 is 0 Å². The van der Waals surface area contributed by atoms with E-state index >= 15 is 0 Å². The number of hydrogen-bond acceptors (Lipinski definition) is 5. The minimum atomic E-state index is -4.05. The molecule has 0 fully saturated rings. The Balaban J connectivity index is 1.79. The maximum Gasteiger partial charge on any atom is 0.269 e. The van der Waals surface area contributed by atoms with E-state index in [2.05, 4.69) is 20.6 Å². The molecule has 1 amide bonds. The van der Waals surface area contributed by atoms with Crippen LogP contribution in [-0.4, -0.2) is 32.6 Å². The first-order valence-electron chi connectivity index (χ1n) is 9.47. The fraction of sp³-hybridized carbons (Fsp3) is 0.0455. The van der Waals surface area contributed by atoms with Gasteiger partial charge in [-0.2, -0.15) is 0 Å². The summed E-state index contributed by atoms with van der Waals surface area (Å²) in [6.07, 6.45) is 0. The minimum Gasteiger partial charge on any atom is -0.292 e. The number of rotatable bonds is 6. The molecular weight excluding hydrogens is 487 g/mol. The third-order valence-corrected chi connectivity index (χ3v) is 6.02. The smallest absolute Gasteiger partial charge is 0.269 e. The van der Waals surface area contributed by atoms with E-state index in [1.165, 1.54) is 30.3 Å². The number of nitrogens with zero attached hydrogens (tertiary/aromatic N) is 1. The van der Waals surface area contributed by atoms with Gasteiger partial charge in [0.15, 0.2) is 5.78 Å². The summed E-state index contributed by atoms with van der Waals surface area (Å²) in [5.41, 5.74) is 5.29. The van der Waals surface area contributed by atoms with Crippen LogP contribution in [-0.2, 0) is 10.0 Å². The van der Waals surface area contributed by atoms with Crippen molar-refractivity contribution in [1.82, 2.24) is 15.6 Å². The first-order chi connectivity index (χ1) is 15.7. The molecule has 0 aromatic heterocycles. The van der Waals surface area contributed by atoms with E-state index in [0.717, 1.165) is 0 Å². The first-order valence-corrected chi connectivity index (χ1v) is 11.7. The highest BCUT2D eigenvalue weighted by Gasteiger charge is 2.17. The van der Waals surface area contributed by atoms with Crippen molar-refractivity contribution in [1.29, 1.82) is 0 Å². The number of carbonyl (C=O) groups is 2. The SMILES string of the molecule is O=C(CN=C(NNC(=O)c1cccc(Cl)c1)NS(=O)(=O)c1ccccc1)c1cccc(Cl)c1. The number of Topliss-reactive ketones (excluding diaryl/α,β-unsaturated/α-hetero) is 1. The Morgan fingerprint density at radius 1 is 0.788 bits per heavy atom. The van der Waals surface area contributed by atoms with E-state index in [0.29, 0.717) is 15.6 Å². The Morgan fingerprint density at radius 2 is 1.39 bits per heavy atom. The number of carbonyl (C=O) groups excluding carboxylic acids is 2. The summed E-state index contributed by atoms with van der Waals surface area (Å²) in [6, 6.07) is 20.0. The lowest BCUT2D eigenvalue weighted by molar-refractivity contribution is 0.0943. The van der Waals surface area contributed by atoms with Gasteiger partial charge in [0.1, 0.15) is 6.54 Å². The van der Waals surface area contributed by atoms with Gasteiger partial charge in [-0.3, -0.25) is 20.4 Å². The molecule has 3 aromatic carbocycles. The van der Waals surface area contributed by atoms with Crippen molar-refractivity contribution in [3.8, 4) is 0 Å². The van der Waals surface area contributed by atoms with Gasteiger partial charge >= 0.3 is 0 Å². The molecule has 0 atom stereocenters. The molecule has 0 unspecified atom stereocenters. The number of guanidine groups is 1. The second kappa shape index (κ2) is 11.0. The zero-order valence-corrected chi connectivity index (χ0v) is 19.3. The van der Waals surface area contributed by atoms with Crippen LogP contribution < -0.4 is 15.6 Å². The first kappa shape index (κ1) is 24.2. The number of nitrogens with one attached hydrogen (secondary N) is 3. The Morgan fingerprint density at radius 3 is 2.03 bits per heavy atom. The van der Waals surface area contributed by atoms with Crippen LogP contribution in [0.3, 0.4) is 0 Å². The summed E-state index contributed by atoms with van der Waals surface area (Å²) in [7, 11) is -4.05. The van der Waals surface area contributed by atoms with Crippen molar-refractivity contribution in [2.75, 3.05) is 6.54 Å². The highest BCUT2D eigenvalue weighted by molar-refractivity contribution is 7.90. The monoisotopic (exact) mass is 504 g/mol. The Labute approximate surface area is 200 Å². The standard InChI is InChI=1S/C22H18Cl2N4O4S/c23-17-8-4-6-15(12-17)20(29)14-25-22(28-33(31,32)19-10-2-1-3-11-19)27-26-21(30)16-7-5-9-18(24)13-16/h1-13H,14H2,(H,26,30)(H2,25,27,28). The van der Waals surface area contributed by atoms with Gasteiger partial charge in [0.2, 0.25) is 5.96 Å². The zero-order valence-electron chi connectivity index (χ0n) is 17.0. The number of amides is 1.